The summed E-state index contributed by atoms with van der Waals surface area (Å²) in [7, 11) is 0. The Hall–Kier alpha value is -3.41. The van der Waals surface area contributed by atoms with Crippen molar-refractivity contribution in [2.75, 3.05) is 31.5 Å². The topological polar surface area (TPSA) is 42.9 Å². The Bertz CT molecular complexity index is 1300. The molecular formula is C33H41N5. The second kappa shape index (κ2) is 11.5. The minimum atomic E-state index is 0.0644. The molecule has 198 valence electrons. The van der Waals surface area contributed by atoms with Gasteiger partial charge in [-0.1, -0.05) is 94.9 Å². The van der Waals surface area contributed by atoms with E-state index < -0.39 is 0 Å². The predicted molar refractivity (Wildman–Crippen MR) is 160 cm³/mol. The largest absolute Gasteiger partial charge is 0.377 e. The van der Waals surface area contributed by atoms with Crippen LogP contribution in [0.3, 0.4) is 0 Å². The summed E-state index contributed by atoms with van der Waals surface area (Å²) in [4.78, 5) is 4.91. The average molecular weight is 508 g/mol. The minimum absolute atomic E-state index is 0.0644. The number of hydrazone groups is 1. The van der Waals surface area contributed by atoms with Crippen molar-refractivity contribution in [3.63, 3.8) is 0 Å². The molecule has 2 unspecified atom stereocenters. The number of rotatable bonds is 10. The van der Waals surface area contributed by atoms with Crippen LogP contribution >= 0.6 is 0 Å². The molecule has 0 aliphatic carbocycles. The van der Waals surface area contributed by atoms with Crippen molar-refractivity contribution in [2.45, 2.75) is 52.7 Å². The highest BCUT2D eigenvalue weighted by atomic mass is 15.3. The van der Waals surface area contributed by atoms with Crippen LogP contribution in [0.2, 0.25) is 0 Å². The lowest BCUT2D eigenvalue weighted by molar-refractivity contribution is 0.296. The Labute approximate surface area is 228 Å². The Balaban J connectivity index is 1.57. The van der Waals surface area contributed by atoms with Gasteiger partial charge in [0.15, 0.2) is 0 Å². The number of nitrogens with zero attached hydrogens (tertiary/aromatic N) is 3. The van der Waals surface area contributed by atoms with Gasteiger partial charge >= 0.3 is 0 Å². The molecule has 0 radical (unpaired) electrons. The van der Waals surface area contributed by atoms with Crippen LogP contribution in [0.1, 0.15) is 73.0 Å². The fourth-order valence-electron chi connectivity index (χ4n) is 5.83. The molecule has 0 saturated heterocycles. The van der Waals surface area contributed by atoms with Crippen molar-refractivity contribution in [1.29, 1.82) is 0 Å². The smallest absolute Gasteiger partial charge is 0.0805 e. The van der Waals surface area contributed by atoms with Gasteiger partial charge in [0.05, 0.1) is 23.4 Å². The van der Waals surface area contributed by atoms with Crippen molar-refractivity contribution in [3.8, 4) is 0 Å². The second-order valence-electron chi connectivity index (χ2n) is 10.3. The zero-order valence-corrected chi connectivity index (χ0v) is 23.3. The first kappa shape index (κ1) is 26.2. The zero-order chi connectivity index (χ0) is 26.6. The average Bonchev–Trinajstić information content (AvgIpc) is 2.96. The number of benzene rings is 3. The van der Waals surface area contributed by atoms with Gasteiger partial charge in [-0.25, -0.2) is 0 Å². The summed E-state index contributed by atoms with van der Waals surface area (Å²) in [6, 6.07) is 24.8. The summed E-state index contributed by atoms with van der Waals surface area (Å²) in [6.07, 6.45) is 0. The molecule has 0 amide bonds. The standard InChI is InChI=1S/C33H41N5/c1-6-37(7-2)21-24-16-18-26(19-17-24)32-30(27-13-10-12-25(20-27)22-38(8-3)9-4)33-31-28(23(5)35-36-33)14-11-15-29(31)34-32/h10-20,30,32,34-35H,5-9,21-22H2,1-4H3. The molecule has 3 aromatic carbocycles. The third kappa shape index (κ3) is 5.13. The summed E-state index contributed by atoms with van der Waals surface area (Å²) in [6.45, 7) is 19.3. The Morgan fingerprint density at radius 2 is 1.42 bits per heavy atom. The van der Waals surface area contributed by atoms with E-state index in [1.807, 2.05) is 0 Å². The highest BCUT2D eigenvalue weighted by molar-refractivity contribution is 6.15. The van der Waals surface area contributed by atoms with Crippen LogP contribution in [0.5, 0.6) is 0 Å². The van der Waals surface area contributed by atoms with Crippen molar-refractivity contribution >= 4 is 17.1 Å². The van der Waals surface area contributed by atoms with Crippen LogP contribution in [-0.2, 0) is 13.1 Å². The van der Waals surface area contributed by atoms with Gasteiger partial charge in [0.25, 0.3) is 0 Å². The van der Waals surface area contributed by atoms with E-state index in [0.717, 1.165) is 61.9 Å². The molecule has 0 aromatic heterocycles. The van der Waals surface area contributed by atoms with E-state index in [0.29, 0.717) is 0 Å². The normalized spacial score (nSPS) is 18.2. The maximum absolute atomic E-state index is 4.93. The molecule has 38 heavy (non-hydrogen) atoms. The molecule has 0 saturated carbocycles. The van der Waals surface area contributed by atoms with Crippen molar-refractivity contribution in [1.82, 2.24) is 15.2 Å². The summed E-state index contributed by atoms with van der Waals surface area (Å²) in [5, 5.41) is 8.84. The second-order valence-corrected chi connectivity index (χ2v) is 10.3. The van der Waals surface area contributed by atoms with Crippen LogP contribution in [0.4, 0.5) is 5.69 Å². The van der Waals surface area contributed by atoms with E-state index >= 15 is 0 Å². The predicted octanol–water partition coefficient (Wildman–Crippen LogP) is 6.60. The Kier molecular flexibility index (Phi) is 7.96. The van der Waals surface area contributed by atoms with Crippen LogP contribution < -0.4 is 10.7 Å². The molecule has 5 heteroatoms. The van der Waals surface area contributed by atoms with Gasteiger partial charge < -0.3 is 5.32 Å². The molecule has 3 aromatic rings. The molecule has 2 heterocycles. The fraction of sp³-hybridized carbons (Fsp3) is 0.364. The lowest BCUT2D eigenvalue weighted by Crippen LogP contribution is -2.36. The molecule has 2 atom stereocenters. The van der Waals surface area contributed by atoms with Crippen molar-refractivity contribution in [2.24, 2.45) is 5.10 Å². The molecule has 2 N–H and O–H groups in total. The van der Waals surface area contributed by atoms with E-state index in [9.17, 15) is 0 Å². The van der Waals surface area contributed by atoms with Crippen LogP contribution in [-0.4, -0.2) is 41.7 Å². The molecule has 0 fully saturated rings. The lowest BCUT2D eigenvalue weighted by Gasteiger charge is -2.39. The maximum atomic E-state index is 4.93. The summed E-state index contributed by atoms with van der Waals surface area (Å²) in [5.74, 6) is 0.0644. The summed E-state index contributed by atoms with van der Waals surface area (Å²) in [5.41, 5.74) is 13.8. The number of hydrogen-bond acceptors (Lipinski definition) is 5. The quantitative estimate of drug-likeness (QED) is 0.325. The van der Waals surface area contributed by atoms with E-state index in [4.69, 9.17) is 5.10 Å². The molecular weight excluding hydrogens is 466 g/mol. The number of hydrogen-bond donors (Lipinski definition) is 2. The van der Waals surface area contributed by atoms with Gasteiger partial charge in [0.2, 0.25) is 0 Å². The van der Waals surface area contributed by atoms with E-state index in [2.05, 4.69) is 122 Å². The number of anilines is 1. The first-order valence-electron chi connectivity index (χ1n) is 14.1. The van der Waals surface area contributed by atoms with Gasteiger partial charge in [-0.3, -0.25) is 15.2 Å². The van der Waals surface area contributed by atoms with Gasteiger partial charge in [0, 0.05) is 29.9 Å². The first-order chi connectivity index (χ1) is 18.6. The maximum Gasteiger partial charge on any atom is 0.0805 e. The Morgan fingerprint density at radius 1 is 0.763 bits per heavy atom. The van der Waals surface area contributed by atoms with Crippen molar-refractivity contribution in [3.05, 3.63) is 107 Å². The zero-order valence-electron chi connectivity index (χ0n) is 23.3. The van der Waals surface area contributed by atoms with Gasteiger partial charge in [0.1, 0.15) is 0 Å². The molecule has 0 bridgehead atoms. The third-order valence-corrected chi connectivity index (χ3v) is 8.15. The summed E-state index contributed by atoms with van der Waals surface area (Å²) >= 11 is 0. The fourth-order valence-corrected chi connectivity index (χ4v) is 5.83. The number of nitrogens with one attached hydrogen (secondary N) is 2. The highest BCUT2D eigenvalue weighted by Crippen LogP contribution is 2.46. The van der Waals surface area contributed by atoms with Crippen LogP contribution in [0.15, 0.2) is 78.4 Å². The van der Waals surface area contributed by atoms with E-state index in [1.54, 1.807) is 0 Å². The molecule has 5 rings (SSSR count). The van der Waals surface area contributed by atoms with Crippen LogP contribution in [0, 0.1) is 0 Å². The van der Waals surface area contributed by atoms with E-state index in [1.165, 1.54) is 27.8 Å². The molecule has 2 aliphatic rings. The first-order valence-corrected chi connectivity index (χ1v) is 14.1. The van der Waals surface area contributed by atoms with Crippen LogP contribution in [0.25, 0.3) is 5.70 Å². The molecule has 0 spiro atoms. The Morgan fingerprint density at radius 3 is 2.11 bits per heavy atom. The van der Waals surface area contributed by atoms with Gasteiger partial charge in [-0.05, 0) is 54.5 Å². The van der Waals surface area contributed by atoms with Crippen molar-refractivity contribution < 1.29 is 0 Å². The van der Waals surface area contributed by atoms with Gasteiger partial charge in [-0.2, -0.15) is 5.10 Å². The lowest BCUT2D eigenvalue weighted by atomic mass is 9.75. The van der Waals surface area contributed by atoms with Gasteiger partial charge in [-0.15, -0.1) is 0 Å². The monoisotopic (exact) mass is 507 g/mol. The summed E-state index contributed by atoms with van der Waals surface area (Å²) < 4.78 is 0. The van der Waals surface area contributed by atoms with E-state index in [-0.39, 0.29) is 12.0 Å². The minimum Gasteiger partial charge on any atom is -0.377 e. The molecule has 2 aliphatic heterocycles. The third-order valence-electron chi connectivity index (χ3n) is 8.15. The SMILES string of the molecule is C=C1NN=C2c3c(cccc31)NC(c1ccc(CN(CC)CC)cc1)C2c1cccc(CN(CC)CC)c1. The highest BCUT2D eigenvalue weighted by Gasteiger charge is 2.39. The molecule has 5 nitrogen and oxygen atoms in total.